The molecule has 0 radical (unpaired) electrons. The number of rotatable bonds is 12. The van der Waals surface area contributed by atoms with Crippen molar-refractivity contribution < 1.29 is 42.9 Å². The minimum atomic E-state index is -0.873. The maximum atomic E-state index is 13.0. The third-order valence-electron chi connectivity index (χ3n) is 7.06. The average Bonchev–Trinajstić information content (AvgIpc) is 3.67. The summed E-state index contributed by atoms with van der Waals surface area (Å²) in [6.07, 6.45) is 7.25. The summed E-state index contributed by atoms with van der Waals surface area (Å²) in [5, 5.41) is 13.0. The van der Waals surface area contributed by atoms with E-state index < -0.39 is 47.2 Å². The van der Waals surface area contributed by atoms with Gasteiger partial charge in [0.1, 0.15) is 23.3 Å². The van der Waals surface area contributed by atoms with Crippen LogP contribution in [0, 0.1) is 0 Å². The van der Waals surface area contributed by atoms with Gasteiger partial charge in [-0.3, -0.25) is 30.3 Å². The molecule has 0 spiro atoms. The molecule has 1 fully saturated rings. The molecule has 0 bridgehead atoms. The first kappa shape index (κ1) is 39.7. The molecular formula is C35H50N6O9. The molecule has 1 saturated carbocycles. The molecule has 1 aromatic carbocycles. The molecule has 2 atom stereocenters. The van der Waals surface area contributed by atoms with Crippen LogP contribution in [0.5, 0.6) is 0 Å². The molecule has 1 unspecified atom stereocenters. The molecule has 50 heavy (non-hydrogen) atoms. The summed E-state index contributed by atoms with van der Waals surface area (Å²) in [5.74, 6) is -1.90. The number of nitrogens with one attached hydrogen (secondary N) is 5. The lowest BCUT2D eigenvalue weighted by Gasteiger charge is -2.22. The van der Waals surface area contributed by atoms with E-state index in [1.165, 1.54) is 12.1 Å². The maximum Gasteiger partial charge on any atom is 0.414 e. The monoisotopic (exact) mass is 698 g/mol. The molecule has 0 heterocycles. The van der Waals surface area contributed by atoms with E-state index in [0.29, 0.717) is 0 Å². The molecule has 5 N–H and O–H groups in total. The van der Waals surface area contributed by atoms with Gasteiger partial charge >= 0.3 is 18.2 Å². The number of alkyl carbamates (subject to hydrolysis) is 2. The van der Waals surface area contributed by atoms with Crippen LogP contribution in [0.25, 0.3) is 0 Å². The molecule has 0 aromatic heterocycles. The summed E-state index contributed by atoms with van der Waals surface area (Å²) in [6, 6.07) is 5.12. The molecule has 2 aliphatic rings. The number of allylic oxidation sites excluding steroid dienone is 2. The number of carbonyl (C=O) groups excluding carboxylic acids is 5. The van der Waals surface area contributed by atoms with Gasteiger partial charge in [0.25, 0.3) is 5.91 Å². The number of aliphatic imine (C=N–C) groups is 1. The highest BCUT2D eigenvalue weighted by Crippen LogP contribution is 2.21. The van der Waals surface area contributed by atoms with Crippen LogP contribution in [0.4, 0.5) is 15.3 Å². The first-order valence-electron chi connectivity index (χ1n) is 16.6. The Balaban J connectivity index is 1.59. The second kappa shape index (κ2) is 18.3. The fourth-order valence-corrected chi connectivity index (χ4v) is 4.75. The van der Waals surface area contributed by atoms with Crippen LogP contribution >= 0.6 is 0 Å². The van der Waals surface area contributed by atoms with Crippen LogP contribution in [0.1, 0.15) is 84.5 Å². The Hall–Kier alpha value is -4.76. The van der Waals surface area contributed by atoms with Gasteiger partial charge in [0.15, 0.2) is 0 Å². The van der Waals surface area contributed by atoms with Gasteiger partial charge in [-0.25, -0.2) is 14.6 Å². The molecule has 2 aliphatic carbocycles. The summed E-state index contributed by atoms with van der Waals surface area (Å²) in [4.78, 5) is 67.7. The predicted molar refractivity (Wildman–Crippen MR) is 186 cm³/mol. The highest BCUT2D eigenvalue weighted by atomic mass is 16.6. The lowest BCUT2D eigenvalue weighted by atomic mass is 10.2. The van der Waals surface area contributed by atoms with Crippen LogP contribution in [0.15, 0.2) is 53.1 Å². The molecule has 1 aromatic rings. The number of amides is 4. The van der Waals surface area contributed by atoms with Crippen LogP contribution in [-0.2, 0) is 28.5 Å². The van der Waals surface area contributed by atoms with Gasteiger partial charge in [0.05, 0.1) is 25.1 Å². The van der Waals surface area contributed by atoms with Crippen molar-refractivity contribution in [2.24, 2.45) is 4.99 Å². The molecular weight excluding hydrogens is 648 g/mol. The number of hydrogen-bond donors (Lipinski definition) is 5. The SMILES string of the molecule is CC1=CC=CC1OCN[C@@H](CNC(=O)CNC(=O)c1cccc(N=C(NC(=O)OC(C)(C)C)NC(=O)OC(C)(C)C)c1)C(=O)OC1CCCC1. The largest absolute Gasteiger partial charge is 0.461 e. The second-order valence-corrected chi connectivity index (χ2v) is 13.9. The van der Waals surface area contributed by atoms with Gasteiger partial charge in [0.2, 0.25) is 11.9 Å². The predicted octanol–water partition coefficient (Wildman–Crippen LogP) is 3.87. The van der Waals surface area contributed by atoms with Crippen molar-refractivity contribution in [2.75, 3.05) is 19.8 Å². The quantitative estimate of drug-likeness (QED) is 0.0703. The minimum Gasteiger partial charge on any atom is -0.461 e. The number of guanidine groups is 1. The van der Waals surface area contributed by atoms with Crippen molar-refractivity contribution in [1.82, 2.24) is 26.6 Å². The number of benzene rings is 1. The van der Waals surface area contributed by atoms with Gasteiger partial charge in [0, 0.05) is 12.1 Å². The summed E-state index contributed by atoms with van der Waals surface area (Å²) in [6.45, 7) is 11.6. The number of hydrogen-bond acceptors (Lipinski definition) is 11. The zero-order chi connectivity index (χ0) is 36.9. The Labute approximate surface area is 293 Å². The van der Waals surface area contributed by atoms with Crippen LogP contribution in [0.3, 0.4) is 0 Å². The minimum absolute atomic E-state index is 0.0539. The van der Waals surface area contributed by atoms with E-state index in [1.54, 1.807) is 53.7 Å². The standard InChI is InChI=1S/C35H50N6O9/c1-22-12-10-17-27(22)47-21-38-26(30(44)48-25-15-8-9-16-25)19-36-28(42)20-37-29(43)23-13-11-14-24(18-23)39-31(40-32(45)49-34(2,3)4)41-33(46)50-35(5,6)7/h10-14,17-18,25-27,38H,8-9,15-16,19-21H2,1-7H3,(H,36,42)(H,37,43)(H2,39,40,41,45,46)/t26-,27?/m0/s1. The van der Waals surface area contributed by atoms with E-state index in [-0.39, 0.29) is 49.2 Å². The summed E-state index contributed by atoms with van der Waals surface area (Å²) >= 11 is 0. The van der Waals surface area contributed by atoms with E-state index in [1.807, 2.05) is 25.2 Å². The first-order valence-corrected chi connectivity index (χ1v) is 16.6. The summed E-state index contributed by atoms with van der Waals surface area (Å²) < 4.78 is 22.0. The topological polar surface area (TPSA) is 195 Å². The van der Waals surface area contributed by atoms with Gasteiger partial charge < -0.3 is 29.6 Å². The Morgan fingerprint density at radius 2 is 1.56 bits per heavy atom. The van der Waals surface area contributed by atoms with Crippen molar-refractivity contribution in [3.63, 3.8) is 0 Å². The van der Waals surface area contributed by atoms with Crippen molar-refractivity contribution in [3.8, 4) is 0 Å². The van der Waals surface area contributed by atoms with Crippen molar-refractivity contribution in [3.05, 3.63) is 53.6 Å². The number of nitrogens with zero attached hydrogens (tertiary/aromatic N) is 1. The molecule has 15 heteroatoms. The van der Waals surface area contributed by atoms with Crippen LogP contribution < -0.4 is 26.6 Å². The average molecular weight is 699 g/mol. The van der Waals surface area contributed by atoms with Crippen molar-refractivity contribution in [1.29, 1.82) is 0 Å². The Morgan fingerprint density at radius 1 is 0.920 bits per heavy atom. The summed E-state index contributed by atoms with van der Waals surface area (Å²) in [5.41, 5.74) is -0.261. The maximum absolute atomic E-state index is 13.0. The van der Waals surface area contributed by atoms with Crippen LogP contribution in [0.2, 0.25) is 0 Å². The molecule has 0 aliphatic heterocycles. The van der Waals surface area contributed by atoms with Crippen molar-refractivity contribution in [2.45, 2.75) is 104 Å². The highest BCUT2D eigenvalue weighted by Gasteiger charge is 2.27. The smallest absolute Gasteiger partial charge is 0.414 e. The van der Waals surface area contributed by atoms with E-state index >= 15 is 0 Å². The van der Waals surface area contributed by atoms with Crippen LogP contribution in [-0.4, -0.2) is 85.2 Å². The molecule has 3 rings (SSSR count). The van der Waals surface area contributed by atoms with E-state index in [0.717, 1.165) is 31.3 Å². The second-order valence-electron chi connectivity index (χ2n) is 13.9. The molecule has 0 saturated heterocycles. The number of carbonyl (C=O) groups is 5. The zero-order valence-electron chi connectivity index (χ0n) is 29.8. The normalized spacial score (nSPS) is 16.5. The molecule has 15 nitrogen and oxygen atoms in total. The summed E-state index contributed by atoms with van der Waals surface area (Å²) in [7, 11) is 0. The van der Waals surface area contributed by atoms with E-state index in [4.69, 9.17) is 18.9 Å². The third-order valence-corrected chi connectivity index (χ3v) is 7.06. The van der Waals surface area contributed by atoms with Gasteiger partial charge in [-0.2, -0.15) is 0 Å². The lowest BCUT2D eigenvalue weighted by Crippen LogP contribution is -2.50. The Morgan fingerprint density at radius 3 is 2.14 bits per heavy atom. The fourth-order valence-electron chi connectivity index (χ4n) is 4.75. The number of ether oxygens (including phenoxy) is 4. The van der Waals surface area contributed by atoms with Gasteiger partial charge in [-0.1, -0.05) is 24.3 Å². The third kappa shape index (κ3) is 14.8. The Kier molecular flexibility index (Phi) is 14.5. The lowest BCUT2D eigenvalue weighted by molar-refractivity contribution is -0.151. The molecule has 4 amide bonds. The zero-order valence-corrected chi connectivity index (χ0v) is 29.8. The van der Waals surface area contributed by atoms with Gasteiger partial charge in [-0.05, 0) is 97.9 Å². The highest BCUT2D eigenvalue weighted by molar-refractivity contribution is 6.03. The fraction of sp³-hybridized carbons (Fsp3) is 0.543. The first-order chi connectivity index (χ1) is 23.5. The molecule has 274 valence electrons. The number of esters is 1. The van der Waals surface area contributed by atoms with E-state index in [9.17, 15) is 24.0 Å². The van der Waals surface area contributed by atoms with Gasteiger partial charge in [-0.15, -0.1) is 0 Å². The van der Waals surface area contributed by atoms with Crippen molar-refractivity contribution >= 4 is 41.6 Å². The van der Waals surface area contributed by atoms with E-state index in [2.05, 4.69) is 31.6 Å². The Bertz CT molecular complexity index is 1440.